The third-order valence-corrected chi connectivity index (χ3v) is 4.17. The first-order chi connectivity index (χ1) is 12.6. The molecule has 0 saturated carbocycles. The molecule has 0 spiro atoms. The fourth-order valence-electron chi connectivity index (χ4n) is 2.65. The zero-order valence-electron chi connectivity index (χ0n) is 14.8. The highest BCUT2D eigenvalue weighted by atomic mass is 16.5. The minimum atomic E-state index is -0.415. The Bertz CT molecular complexity index is 961. The number of likely N-dealkylation sites (N-methyl/N-ethyl adjacent to an activating group) is 1. The fraction of sp³-hybridized carbons (Fsp3) is 0.263. The van der Waals surface area contributed by atoms with Gasteiger partial charge in [0.25, 0.3) is 0 Å². The molecule has 0 aliphatic heterocycles. The second-order valence-corrected chi connectivity index (χ2v) is 5.89. The van der Waals surface area contributed by atoms with Crippen LogP contribution >= 0.6 is 0 Å². The number of oxazole rings is 1. The van der Waals surface area contributed by atoms with Gasteiger partial charge in [-0.15, -0.1) is 0 Å². The number of benzene rings is 2. The van der Waals surface area contributed by atoms with Crippen molar-refractivity contribution in [3.63, 3.8) is 0 Å². The SMILES string of the molecule is COc1cccc(NCC(=O)N(C)CCn2c(=O)oc3ccccc32)c1. The van der Waals surface area contributed by atoms with Gasteiger partial charge in [-0.05, 0) is 24.3 Å². The molecule has 1 aromatic heterocycles. The molecule has 0 aliphatic rings. The van der Waals surface area contributed by atoms with Crippen LogP contribution in [-0.2, 0) is 11.3 Å². The maximum absolute atomic E-state index is 12.3. The summed E-state index contributed by atoms with van der Waals surface area (Å²) in [7, 11) is 3.31. The summed E-state index contributed by atoms with van der Waals surface area (Å²) in [6.07, 6.45) is 0. The normalized spacial score (nSPS) is 10.7. The fourth-order valence-corrected chi connectivity index (χ4v) is 2.65. The second kappa shape index (κ2) is 7.77. The quantitative estimate of drug-likeness (QED) is 0.703. The molecule has 26 heavy (non-hydrogen) atoms. The van der Waals surface area contributed by atoms with E-state index in [1.54, 1.807) is 25.1 Å². The van der Waals surface area contributed by atoms with Crippen molar-refractivity contribution in [2.24, 2.45) is 0 Å². The summed E-state index contributed by atoms with van der Waals surface area (Å²) in [6.45, 7) is 0.935. The van der Waals surface area contributed by atoms with Gasteiger partial charge in [0, 0.05) is 31.9 Å². The number of aromatic nitrogens is 1. The highest BCUT2D eigenvalue weighted by Gasteiger charge is 2.12. The highest BCUT2D eigenvalue weighted by Crippen LogP contribution is 2.16. The van der Waals surface area contributed by atoms with Crippen LogP contribution in [0, 0.1) is 0 Å². The Morgan fingerprint density at radius 1 is 1.23 bits per heavy atom. The van der Waals surface area contributed by atoms with Crippen molar-refractivity contribution < 1.29 is 13.9 Å². The van der Waals surface area contributed by atoms with Crippen LogP contribution in [0.1, 0.15) is 0 Å². The lowest BCUT2D eigenvalue weighted by Crippen LogP contribution is -2.35. The third-order valence-electron chi connectivity index (χ3n) is 4.17. The van der Waals surface area contributed by atoms with Gasteiger partial charge in [-0.3, -0.25) is 9.36 Å². The molecule has 1 N–H and O–H groups in total. The molecule has 0 bridgehead atoms. The largest absolute Gasteiger partial charge is 0.497 e. The number of nitrogens with zero attached hydrogens (tertiary/aromatic N) is 2. The van der Waals surface area contributed by atoms with Gasteiger partial charge in [0.05, 0.1) is 19.2 Å². The smallest absolute Gasteiger partial charge is 0.420 e. The maximum Gasteiger partial charge on any atom is 0.420 e. The molecular formula is C19H21N3O4. The van der Waals surface area contributed by atoms with Gasteiger partial charge in [-0.25, -0.2) is 4.79 Å². The zero-order valence-corrected chi connectivity index (χ0v) is 14.8. The molecule has 0 atom stereocenters. The Labute approximate surface area is 150 Å². The number of hydrogen-bond donors (Lipinski definition) is 1. The van der Waals surface area contributed by atoms with Crippen LogP contribution < -0.4 is 15.8 Å². The summed E-state index contributed by atoms with van der Waals surface area (Å²) in [6, 6.07) is 14.6. The first-order valence-corrected chi connectivity index (χ1v) is 8.29. The van der Waals surface area contributed by atoms with Gasteiger partial charge < -0.3 is 19.4 Å². The van der Waals surface area contributed by atoms with E-state index in [9.17, 15) is 9.59 Å². The summed E-state index contributed by atoms with van der Waals surface area (Å²) in [5, 5.41) is 3.08. The molecule has 1 amide bonds. The van der Waals surface area contributed by atoms with Crippen LogP contribution in [0.3, 0.4) is 0 Å². The Morgan fingerprint density at radius 3 is 2.85 bits per heavy atom. The predicted molar refractivity (Wildman–Crippen MR) is 99.6 cm³/mol. The summed E-state index contributed by atoms with van der Waals surface area (Å²) in [5.41, 5.74) is 2.09. The molecule has 3 aromatic rings. The molecule has 0 fully saturated rings. The number of fused-ring (bicyclic) bond motifs is 1. The van der Waals surface area contributed by atoms with Crippen molar-refractivity contribution in [1.29, 1.82) is 0 Å². The van der Waals surface area contributed by atoms with Gasteiger partial charge in [-0.2, -0.15) is 0 Å². The first-order valence-electron chi connectivity index (χ1n) is 8.29. The van der Waals surface area contributed by atoms with E-state index in [1.807, 2.05) is 42.5 Å². The van der Waals surface area contributed by atoms with E-state index in [0.29, 0.717) is 18.7 Å². The Hall–Kier alpha value is -3.22. The van der Waals surface area contributed by atoms with Crippen molar-refractivity contribution in [3.8, 4) is 5.75 Å². The lowest BCUT2D eigenvalue weighted by atomic mass is 10.3. The number of para-hydroxylation sites is 2. The Kier molecular flexibility index (Phi) is 5.26. The lowest BCUT2D eigenvalue weighted by Gasteiger charge is -2.18. The van der Waals surface area contributed by atoms with Gasteiger partial charge in [0.15, 0.2) is 5.58 Å². The van der Waals surface area contributed by atoms with E-state index in [0.717, 1.165) is 17.0 Å². The molecular weight excluding hydrogens is 334 g/mol. The maximum atomic E-state index is 12.3. The zero-order chi connectivity index (χ0) is 18.5. The molecule has 7 heteroatoms. The van der Waals surface area contributed by atoms with E-state index in [4.69, 9.17) is 9.15 Å². The monoisotopic (exact) mass is 355 g/mol. The number of hydrogen-bond acceptors (Lipinski definition) is 5. The Balaban J connectivity index is 1.57. The van der Waals surface area contributed by atoms with Gasteiger partial charge in [0.1, 0.15) is 5.75 Å². The van der Waals surface area contributed by atoms with Gasteiger partial charge in [-0.1, -0.05) is 18.2 Å². The molecule has 0 aliphatic carbocycles. The number of anilines is 1. The van der Waals surface area contributed by atoms with Crippen molar-refractivity contribution in [1.82, 2.24) is 9.47 Å². The molecule has 0 unspecified atom stereocenters. The van der Waals surface area contributed by atoms with Crippen LogP contribution in [0.5, 0.6) is 5.75 Å². The summed E-state index contributed by atoms with van der Waals surface area (Å²) >= 11 is 0. The first kappa shape index (κ1) is 17.6. The van der Waals surface area contributed by atoms with Crippen molar-refractivity contribution in [2.75, 3.05) is 32.6 Å². The molecule has 1 heterocycles. The number of amides is 1. The molecule has 0 radical (unpaired) electrons. The number of nitrogens with one attached hydrogen (secondary N) is 1. The van der Waals surface area contributed by atoms with Crippen molar-refractivity contribution >= 4 is 22.7 Å². The number of ether oxygens (including phenoxy) is 1. The van der Waals surface area contributed by atoms with E-state index in [1.165, 1.54) is 4.57 Å². The standard InChI is InChI=1S/C19H21N3O4/c1-21(18(23)13-20-14-6-5-7-15(12-14)25-2)10-11-22-16-8-3-4-9-17(16)26-19(22)24/h3-9,12,20H,10-11,13H2,1-2H3. The van der Waals surface area contributed by atoms with Crippen molar-refractivity contribution in [3.05, 3.63) is 59.1 Å². The van der Waals surface area contributed by atoms with E-state index < -0.39 is 5.76 Å². The molecule has 0 saturated heterocycles. The Morgan fingerprint density at radius 2 is 2.04 bits per heavy atom. The third kappa shape index (κ3) is 3.88. The molecule has 3 rings (SSSR count). The van der Waals surface area contributed by atoms with E-state index in [2.05, 4.69) is 5.32 Å². The number of methoxy groups -OCH3 is 1. The minimum absolute atomic E-state index is 0.0753. The number of carbonyl (C=O) groups is 1. The average Bonchev–Trinajstić information content (AvgIpc) is 2.99. The minimum Gasteiger partial charge on any atom is -0.497 e. The lowest BCUT2D eigenvalue weighted by molar-refractivity contribution is -0.128. The average molecular weight is 355 g/mol. The summed E-state index contributed by atoms with van der Waals surface area (Å²) in [4.78, 5) is 25.8. The molecule has 2 aromatic carbocycles. The summed E-state index contributed by atoms with van der Waals surface area (Å²) < 4.78 is 11.9. The molecule has 7 nitrogen and oxygen atoms in total. The highest BCUT2D eigenvalue weighted by molar-refractivity contribution is 5.80. The van der Waals surface area contributed by atoms with E-state index in [-0.39, 0.29) is 12.5 Å². The molecule has 136 valence electrons. The second-order valence-electron chi connectivity index (χ2n) is 5.89. The van der Waals surface area contributed by atoms with E-state index >= 15 is 0 Å². The van der Waals surface area contributed by atoms with Crippen molar-refractivity contribution in [2.45, 2.75) is 6.54 Å². The number of rotatable bonds is 7. The van der Waals surface area contributed by atoms with Crippen LogP contribution in [0.4, 0.5) is 5.69 Å². The van der Waals surface area contributed by atoms with Gasteiger partial charge >= 0.3 is 5.76 Å². The number of carbonyl (C=O) groups excluding carboxylic acids is 1. The van der Waals surface area contributed by atoms with Crippen LogP contribution in [0.2, 0.25) is 0 Å². The summed E-state index contributed by atoms with van der Waals surface area (Å²) in [5.74, 6) is 0.234. The van der Waals surface area contributed by atoms with Gasteiger partial charge in [0.2, 0.25) is 5.91 Å². The topological polar surface area (TPSA) is 76.7 Å². The van der Waals surface area contributed by atoms with Crippen LogP contribution in [0.25, 0.3) is 11.1 Å². The predicted octanol–water partition coefficient (Wildman–Crippen LogP) is 2.17. The van der Waals surface area contributed by atoms with Crippen LogP contribution in [0.15, 0.2) is 57.7 Å². The van der Waals surface area contributed by atoms with Crippen LogP contribution in [-0.4, -0.2) is 42.6 Å².